The number of aryl methyl sites for hydroxylation is 1. The van der Waals surface area contributed by atoms with Gasteiger partial charge in [-0.05, 0) is 31.2 Å². The Morgan fingerprint density at radius 2 is 1.80 bits per heavy atom. The maximum absolute atomic E-state index is 12.6. The van der Waals surface area contributed by atoms with Crippen LogP contribution in [0.3, 0.4) is 0 Å². The summed E-state index contributed by atoms with van der Waals surface area (Å²) in [5.41, 5.74) is 1.70. The number of carbonyl (C=O) groups is 1. The monoisotopic (exact) mass is 359 g/mol. The molecule has 0 aliphatic carbocycles. The van der Waals surface area contributed by atoms with Gasteiger partial charge in [-0.1, -0.05) is 35.9 Å². The highest BCUT2D eigenvalue weighted by atomic mass is 32.2. The van der Waals surface area contributed by atoms with Crippen LogP contribution in [-0.4, -0.2) is 27.7 Å². The Hall–Kier alpha value is -2.64. The third-order valence-electron chi connectivity index (χ3n) is 3.77. The summed E-state index contributed by atoms with van der Waals surface area (Å²) >= 11 is 0. The van der Waals surface area contributed by atoms with Gasteiger partial charge in [0.1, 0.15) is 5.75 Å². The number of nitrogens with one attached hydrogen (secondary N) is 1. The molecule has 2 aromatic rings. The molecule has 6 nitrogen and oxygen atoms in total. The van der Waals surface area contributed by atoms with Gasteiger partial charge >= 0.3 is 5.97 Å². The van der Waals surface area contributed by atoms with E-state index in [1.165, 1.54) is 19.2 Å². The van der Waals surface area contributed by atoms with Crippen molar-refractivity contribution in [1.29, 1.82) is 0 Å². The molecule has 0 radical (unpaired) electrons. The van der Waals surface area contributed by atoms with Crippen molar-refractivity contribution in [3.8, 4) is 5.75 Å². The molecule has 0 saturated carbocycles. The Labute approximate surface area is 146 Å². The molecule has 1 heterocycles. The minimum atomic E-state index is -3.88. The molecule has 1 unspecified atom stereocenters. The fraction of sp³-hybridized carbons (Fsp3) is 0.167. The summed E-state index contributed by atoms with van der Waals surface area (Å²) in [5.74, 6) is -0.183. The smallest absolute Gasteiger partial charge is 0.339 e. The van der Waals surface area contributed by atoms with Crippen molar-refractivity contribution in [2.24, 2.45) is 0 Å². The standard InChI is InChI=1S/C18H17NO5S/c1-12-7-9-14(10-8-12)25(21,22)19-17-15(18(20)23-2)11-13-5-3-4-6-16(13)24-17/h3-11,17,19H,1-2H3. The van der Waals surface area contributed by atoms with Gasteiger partial charge in [0.15, 0.2) is 6.23 Å². The Morgan fingerprint density at radius 1 is 1.12 bits per heavy atom. The van der Waals surface area contributed by atoms with Crippen LogP contribution in [0.25, 0.3) is 6.08 Å². The van der Waals surface area contributed by atoms with Crippen LogP contribution in [0.5, 0.6) is 5.75 Å². The molecular weight excluding hydrogens is 342 g/mol. The molecular formula is C18H17NO5S. The minimum absolute atomic E-state index is 0.0805. The predicted octanol–water partition coefficient (Wildman–Crippen LogP) is 2.25. The number of para-hydroxylation sites is 1. The zero-order valence-corrected chi connectivity index (χ0v) is 14.5. The van der Waals surface area contributed by atoms with Crippen molar-refractivity contribution in [3.63, 3.8) is 0 Å². The third-order valence-corrected chi connectivity index (χ3v) is 5.19. The van der Waals surface area contributed by atoms with Crippen LogP contribution in [0.15, 0.2) is 59.0 Å². The summed E-state index contributed by atoms with van der Waals surface area (Å²) < 4.78 is 38.1. The first-order valence-electron chi connectivity index (χ1n) is 7.55. The van der Waals surface area contributed by atoms with E-state index in [9.17, 15) is 13.2 Å². The highest BCUT2D eigenvalue weighted by Gasteiger charge is 2.32. The molecule has 0 spiro atoms. The highest BCUT2D eigenvalue weighted by molar-refractivity contribution is 7.89. The molecule has 130 valence electrons. The van der Waals surface area contributed by atoms with Crippen LogP contribution in [0.2, 0.25) is 0 Å². The number of carbonyl (C=O) groups excluding carboxylic acids is 1. The summed E-state index contributed by atoms with van der Waals surface area (Å²) in [6.07, 6.45) is 0.390. The quantitative estimate of drug-likeness (QED) is 0.847. The molecule has 0 bridgehead atoms. The van der Waals surface area contributed by atoms with Gasteiger partial charge in [-0.2, -0.15) is 4.72 Å². The molecule has 0 fully saturated rings. The third kappa shape index (κ3) is 3.57. The van der Waals surface area contributed by atoms with Crippen LogP contribution in [-0.2, 0) is 19.6 Å². The Kier molecular flexibility index (Phi) is 4.61. The van der Waals surface area contributed by atoms with Gasteiger partial charge in [0.05, 0.1) is 17.6 Å². The van der Waals surface area contributed by atoms with Gasteiger partial charge in [-0.3, -0.25) is 0 Å². The average molecular weight is 359 g/mol. The number of methoxy groups -OCH3 is 1. The number of ether oxygens (including phenoxy) is 2. The largest absolute Gasteiger partial charge is 0.469 e. The van der Waals surface area contributed by atoms with E-state index >= 15 is 0 Å². The second-order valence-electron chi connectivity index (χ2n) is 5.56. The van der Waals surface area contributed by atoms with Crippen molar-refractivity contribution in [2.75, 3.05) is 7.11 Å². The Balaban J connectivity index is 1.95. The summed E-state index contributed by atoms with van der Waals surface area (Å²) in [6, 6.07) is 13.4. The average Bonchev–Trinajstić information content (AvgIpc) is 2.60. The van der Waals surface area contributed by atoms with E-state index < -0.39 is 22.2 Å². The van der Waals surface area contributed by atoms with Crippen molar-refractivity contribution < 1.29 is 22.7 Å². The SMILES string of the molecule is COC(=O)C1=Cc2ccccc2OC1NS(=O)(=O)c1ccc(C)cc1. The predicted molar refractivity (Wildman–Crippen MR) is 92.4 cm³/mol. The lowest BCUT2D eigenvalue weighted by Crippen LogP contribution is -2.43. The number of benzene rings is 2. The van der Waals surface area contributed by atoms with Gasteiger partial charge in [0.2, 0.25) is 10.0 Å². The lowest BCUT2D eigenvalue weighted by molar-refractivity contribution is -0.137. The molecule has 0 saturated heterocycles. The van der Waals surface area contributed by atoms with E-state index in [1.807, 2.05) is 6.92 Å². The van der Waals surface area contributed by atoms with Gasteiger partial charge in [0.25, 0.3) is 0 Å². The molecule has 0 amide bonds. The molecule has 0 aromatic heterocycles. The van der Waals surface area contributed by atoms with Crippen LogP contribution in [0, 0.1) is 6.92 Å². The first-order chi connectivity index (χ1) is 11.9. The second kappa shape index (κ2) is 6.70. The zero-order valence-electron chi connectivity index (χ0n) is 13.7. The Morgan fingerprint density at radius 3 is 2.48 bits per heavy atom. The molecule has 1 N–H and O–H groups in total. The minimum Gasteiger partial charge on any atom is -0.469 e. The van der Waals surface area contributed by atoms with Crippen LogP contribution in [0.4, 0.5) is 0 Å². The van der Waals surface area contributed by atoms with Gasteiger partial charge < -0.3 is 9.47 Å². The topological polar surface area (TPSA) is 81.7 Å². The van der Waals surface area contributed by atoms with Crippen molar-refractivity contribution in [2.45, 2.75) is 18.0 Å². The van der Waals surface area contributed by atoms with Gasteiger partial charge in [-0.25, -0.2) is 13.2 Å². The van der Waals surface area contributed by atoms with E-state index in [0.717, 1.165) is 5.56 Å². The van der Waals surface area contributed by atoms with E-state index in [4.69, 9.17) is 9.47 Å². The zero-order chi connectivity index (χ0) is 18.0. The highest BCUT2D eigenvalue weighted by Crippen LogP contribution is 2.29. The van der Waals surface area contributed by atoms with Crippen LogP contribution >= 0.6 is 0 Å². The normalized spacial score (nSPS) is 16.4. The van der Waals surface area contributed by atoms with E-state index in [1.54, 1.807) is 42.5 Å². The fourth-order valence-corrected chi connectivity index (χ4v) is 3.53. The van der Waals surface area contributed by atoms with Crippen LogP contribution in [0.1, 0.15) is 11.1 Å². The summed E-state index contributed by atoms with van der Waals surface area (Å²) in [6.45, 7) is 1.86. The molecule has 3 rings (SSSR count). The number of hydrogen-bond donors (Lipinski definition) is 1. The number of rotatable bonds is 4. The molecule has 1 atom stereocenters. The van der Waals surface area contributed by atoms with E-state index in [2.05, 4.69) is 4.72 Å². The fourth-order valence-electron chi connectivity index (χ4n) is 2.44. The van der Waals surface area contributed by atoms with E-state index in [0.29, 0.717) is 11.3 Å². The molecule has 7 heteroatoms. The number of hydrogen-bond acceptors (Lipinski definition) is 5. The number of esters is 1. The molecule has 25 heavy (non-hydrogen) atoms. The van der Waals surface area contributed by atoms with E-state index in [-0.39, 0.29) is 10.5 Å². The molecule has 1 aliphatic rings. The lowest BCUT2D eigenvalue weighted by Gasteiger charge is -2.26. The summed E-state index contributed by atoms with van der Waals surface area (Å²) in [5, 5.41) is 0. The Bertz CT molecular complexity index is 932. The maximum atomic E-state index is 12.6. The van der Waals surface area contributed by atoms with Gasteiger partial charge in [-0.15, -0.1) is 0 Å². The summed E-state index contributed by atoms with van der Waals surface area (Å²) in [7, 11) is -2.65. The number of sulfonamides is 1. The molecule has 2 aromatic carbocycles. The molecule has 1 aliphatic heterocycles. The maximum Gasteiger partial charge on any atom is 0.339 e. The van der Waals surface area contributed by atoms with Crippen molar-refractivity contribution in [1.82, 2.24) is 4.72 Å². The van der Waals surface area contributed by atoms with Gasteiger partial charge in [0, 0.05) is 5.56 Å². The number of fused-ring (bicyclic) bond motifs is 1. The first-order valence-corrected chi connectivity index (χ1v) is 9.03. The van der Waals surface area contributed by atoms with Crippen molar-refractivity contribution >= 4 is 22.1 Å². The summed E-state index contributed by atoms with van der Waals surface area (Å²) in [4.78, 5) is 12.1. The second-order valence-corrected chi connectivity index (χ2v) is 7.28. The van der Waals surface area contributed by atoms with Crippen LogP contribution < -0.4 is 9.46 Å². The lowest BCUT2D eigenvalue weighted by atomic mass is 10.1. The first kappa shape index (κ1) is 17.2. The van der Waals surface area contributed by atoms with Crippen molar-refractivity contribution in [3.05, 3.63) is 65.2 Å².